The van der Waals surface area contributed by atoms with Gasteiger partial charge in [0.15, 0.2) is 0 Å². The third kappa shape index (κ3) is 2.61. The van der Waals surface area contributed by atoms with Crippen LogP contribution < -0.4 is 16.4 Å². The van der Waals surface area contributed by atoms with E-state index in [1.807, 2.05) is 12.1 Å². The van der Waals surface area contributed by atoms with Gasteiger partial charge in [0.05, 0.1) is 5.69 Å². The third-order valence-electron chi connectivity index (χ3n) is 3.46. The van der Waals surface area contributed by atoms with Gasteiger partial charge in [-0.1, -0.05) is 0 Å². The zero-order valence-corrected chi connectivity index (χ0v) is 10.6. The molecule has 1 fully saturated rings. The molecule has 0 atom stereocenters. The molecule has 4 N–H and O–H groups in total. The molecule has 0 bridgehead atoms. The van der Waals surface area contributed by atoms with E-state index in [4.69, 9.17) is 11.5 Å². The van der Waals surface area contributed by atoms with Crippen molar-refractivity contribution in [3.05, 3.63) is 12.1 Å². The van der Waals surface area contributed by atoms with Crippen LogP contribution in [-0.2, 0) is 0 Å². The van der Waals surface area contributed by atoms with Crippen molar-refractivity contribution >= 4 is 17.3 Å². The van der Waals surface area contributed by atoms with E-state index in [-0.39, 0.29) is 0 Å². The van der Waals surface area contributed by atoms with Gasteiger partial charge in [0.25, 0.3) is 0 Å². The van der Waals surface area contributed by atoms with Crippen molar-refractivity contribution in [2.24, 2.45) is 0 Å². The highest BCUT2D eigenvalue weighted by atomic mass is 15.2. The molecule has 0 aromatic carbocycles. The number of nitrogen functional groups attached to an aromatic ring is 2. The van der Waals surface area contributed by atoms with Crippen LogP contribution in [0.1, 0.15) is 12.8 Å². The van der Waals surface area contributed by atoms with E-state index in [0.29, 0.717) is 17.5 Å². The maximum absolute atomic E-state index is 5.73. The minimum absolute atomic E-state index is 0.428. The molecule has 1 aliphatic rings. The van der Waals surface area contributed by atoms with Gasteiger partial charge in [0.2, 0.25) is 0 Å². The second-order valence-corrected chi connectivity index (χ2v) is 4.83. The highest BCUT2D eigenvalue weighted by Gasteiger charge is 2.21. The van der Waals surface area contributed by atoms with Crippen LogP contribution in [0.3, 0.4) is 0 Å². The Labute approximate surface area is 102 Å². The highest BCUT2D eigenvalue weighted by molar-refractivity contribution is 5.62. The minimum atomic E-state index is 0.428. The van der Waals surface area contributed by atoms with Crippen LogP contribution in [0.25, 0.3) is 0 Å². The summed E-state index contributed by atoms with van der Waals surface area (Å²) in [5.41, 5.74) is 12.0. The summed E-state index contributed by atoms with van der Waals surface area (Å²) in [5.74, 6) is 1.37. The minimum Gasteiger partial charge on any atom is -0.396 e. The van der Waals surface area contributed by atoms with Crippen LogP contribution in [0.5, 0.6) is 0 Å². The molecule has 0 radical (unpaired) electrons. The fourth-order valence-electron chi connectivity index (χ4n) is 2.26. The average Bonchev–Trinajstić information content (AvgIpc) is 2.33. The number of nitrogens with zero attached hydrogens (tertiary/aromatic N) is 3. The molecular formula is C12H21N5. The van der Waals surface area contributed by atoms with E-state index < -0.39 is 0 Å². The summed E-state index contributed by atoms with van der Waals surface area (Å²) in [5, 5.41) is 0. The summed E-state index contributed by atoms with van der Waals surface area (Å²) in [6.07, 6.45) is 2.33. The molecule has 1 aromatic rings. The lowest BCUT2D eigenvalue weighted by molar-refractivity contribution is 0.249. The Kier molecular flexibility index (Phi) is 3.38. The fraction of sp³-hybridized carbons (Fsp3) is 0.583. The summed E-state index contributed by atoms with van der Waals surface area (Å²) >= 11 is 0. The second kappa shape index (κ2) is 4.79. The quantitative estimate of drug-likeness (QED) is 0.792. The lowest BCUT2D eigenvalue weighted by Crippen LogP contribution is -2.42. The number of piperidine rings is 1. The third-order valence-corrected chi connectivity index (χ3v) is 3.46. The number of pyridine rings is 1. The molecule has 2 rings (SSSR count). The van der Waals surface area contributed by atoms with Gasteiger partial charge in [0, 0.05) is 19.1 Å². The van der Waals surface area contributed by atoms with Gasteiger partial charge < -0.3 is 21.3 Å². The number of hydrogen-bond donors (Lipinski definition) is 2. The molecule has 2 heterocycles. The van der Waals surface area contributed by atoms with Gasteiger partial charge in [-0.25, -0.2) is 4.98 Å². The van der Waals surface area contributed by atoms with Gasteiger partial charge in [-0.3, -0.25) is 0 Å². The predicted octanol–water partition coefficient (Wildman–Crippen LogP) is 0.776. The topological polar surface area (TPSA) is 71.4 Å². The molecule has 0 spiro atoms. The number of aromatic nitrogens is 1. The zero-order valence-electron chi connectivity index (χ0n) is 10.6. The molecule has 0 aliphatic carbocycles. The SMILES string of the molecule is CN(C)C1CCN(c2ccc(N)c(N)n2)CC1. The lowest BCUT2D eigenvalue weighted by Gasteiger charge is -2.35. The summed E-state index contributed by atoms with van der Waals surface area (Å²) in [6, 6.07) is 4.45. The number of nitrogens with two attached hydrogens (primary N) is 2. The fourth-order valence-corrected chi connectivity index (χ4v) is 2.26. The van der Waals surface area contributed by atoms with Gasteiger partial charge in [-0.05, 0) is 39.1 Å². The van der Waals surface area contributed by atoms with Crippen molar-refractivity contribution in [2.45, 2.75) is 18.9 Å². The number of rotatable bonds is 2. The van der Waals surface area contributed by atoms with Gasteiger partial charge >= 0.3 is 0 Å². The molecular weight excluding hydrogens is 214 g/mol. The van der Waals surface area contributed by atoms with Crippen LogP contribution in [0, 0.1) is 0 Å². The first-order chi connectivity index (χ1) is 8.08. The van der Waals surface area contributed by atoms with E-state index in [9.17, 15) is 0 Å². The molecule has 1 aromatic heterocycles. The Bertz CT molecular complexity index is 382. The van der Waals surface area contributed by atoms with Gasteiger partial charge in [0.1, 0.15) is 11.6 Å². The molecule has 94 valence electrons. The Morgan fingerprint density at radius 3 is 2.41 bits per heavy atom. The highest BCUT2D eigenvalue weighted by Crippen LogP contribution is 2.22. The van der Waals surface area contributed by atoms with E-state index in [1.54, 1.807) is 0 Å². The van der Waals surface area contributed by atoms with Gasteiger partial charge in [-0.2, -0.15) is 0 Å². The lowest BCUT2D eigenvalue weighted by atomic mass is 10.0. The summed E-state index contributed by atoms with van der Waals surface area (Å²) in [4.78, 5) is 8.90. The van der Waals surface area contributed by atoms with Crippen LogP contribution in [0.2, 0.25) is 0 Å². The van der Waals surface area contributed by atoms with E-state index in [1.165, 1.54) is 12.8 Å². The molecule has 0 saturated carbocycles. The first kappa shape index (κ1) is 12.0. The average molecular weight is 235 g/mol. The summed E-state index contributed by atoms with van der Waals surface area (Å²) in [7, 11) is 4.28. The monoisotopic (exact) mass is 235 g/mol. The number of anilines is 3. The summed E-state index contributed by atoms with van der Waals surface area (Å²) in [6.45, 7) is 2.05. The Balaban J connectivity index is 2.03. The predicted molar refractivity (Wildman–Crippen MR) is 72.0 cm³/mol. The van der Waals surface area contributed by atoms with Crippen molar-refractivity contribution in [1.82, 2.24) is 9.88 Å². The molecule has 5 nitrogen and oxygen atoms in total. The first-order valence-electron chi connectivity index (χ1n) is 6.01. The van der Waals surface area contributed by atoms with Crippen LogP contribution >= 0.6 is 0 Å². The van der Waals surface area contributed by atoms with Crippen LogP contribution in [0.15, 0.2) is 12.1 Å². The maximum atomic E-state index is 5.73. The Morgan fingerprint density at radius 2 is 1.88 bits per heavy atom. The van der Waals surface area contributed by atoms with E-state index in [2.05, 4.69) is 28.9 Å². The van der Waals surface area contributed by atoms with E-state index >= 15 is 0 Å². The van der Waals surface area contributed by atoms with Crippen molar-refractivity contribution in [1.29, 1.82) is 0 Å². The molecule has 17 heavy (non-hydrogen) atoms. The zero-order chi connectivity index (χ0) is 12.4. The van der Waals surface area contributed by atoms with Crippen molar-refractivity contribution in [3.63, 3.8) is 0 Å². The Hall–Kier alpha value is -1.49. The molecule has 0 amide bonds. The molecule has 1 saturated heterocycles. The normalized spacial score (nSPS) is 17.7. The molecule has 5 heteroatoms. The largest absolute Gasteiger partial charge is 0.396 e. The second-order valence-electron chi connectivity index (χ2n) is 4.83. The smallest absolute Gasteiger partial charge is 0.149 e. The maximum Gasteiger partial charge on any atom is 0.149 e. The number of hydrogen-bond acceptors (Lipinski definition) is 5. The first-order valence-corrected chi connectivity index (χ1v) is 6.01. The molecule has 1 aliphatic heterocycles. The standard InChI is InChI=1S/C12H21N5/c1-16(2)9-5-7-17(8-6-9)11-4-3-10(13)12(14)15-11/h3-4,9H,5-8,13H2,1-2H3,(H2,14,15). The van der Waals surface area contributed by atoms with Crippen molar-refractivity contribution < 1.29 is 0 Å². The molecule has 0 unspecified atom stereocenters. The van der Waals surface area contributed by atoms with E-state index in [0.717, 1.165) is 18.9 Å². The van der Waals surface area contributed by atoms with Crippen molar-refractivity contribution in [2.75, 3.05) is 43.6 Å². The Morgan fingerprint density at radius 1 is 1.24 bits per heavy atom. The summed E-state index contributed by atoms with van der Waals surface area (Å²) < 4.78 is 0. The van der Waals surface area contributed by atoms with Crippen molar-refractivity contribution in [3.8, 4) is 0 Å². The van der Waals surface area contributed by atoms with Crippen LogP contribution in [0.4, 0.5) is 17.3 Å². The van der Waals surface area contributed by atoms with Gasteiger partial charge in [-0.15, -0.1) is 0 Å². The van der Waals surface area contributed by atoms with Crippen LogP contribution in [-0.4, -0.2) is 43.1 Å².